The summed E-state index contributed by atoms with van der Waals surface area (Å²) in [5.41, 5.74) is 2.22. The molecule has 0 aliphatic rings. The molecule has 0 unspecified atom stereocenters. The molecule has 194 valence electrons. The normalized spacial score (nSPS) is 11.5. The Labute approximate surface area is 220 Å². The molecule has 0 saturated heterocycles. The molecular weight excluding hydrogens is 496 g/mol. The molecule has 0 saturated carbocycles. The van der Waals surface area contributed by atoms with Crippen LogP contribution in [0.4, 0.5) is 11.5 Å². The average Bonchev–Trinajstić information content (AvgIpc) is 3.27. The lowest BCUT2D eigenvalue weighted by molar-refractivity contribution is 0.00695. The SMILES string of the molecule is CC(C)(C)OC(=O)c1ccc(Oc2ccc(Nc3ncnc4ccn(CCOCCO)c34)cc2Cl)cc1. The summed E-state index contributed by atoms with van der Waals surface area (Å²) in [4.78, 5) is 21.0. The van der Waals surface area contributed by atoms with Crippen LogP contribution < -0.4 is 10.1 Å². The van der Waals surface area contributed by atoms with E-state index in [0.717, 1.165) is 16.7 Å². The number of anilines is 2. The number of ether oxygens (including phenoxy) is 3. The maximum absolute atomic E-state index is 12.2. The molecule has 2 aromatic heterocycles. The summed E-state index contributed by atoms with van der Waals surface area (Å²) in [7, 11) is 0. The van der Waals surface area contributed by atoms with Crippen molar-refractivity contribution in [2.75, 3.05) is 25.1 Å². The van der Waals surface area contributed by atoms with Crippen molar-refractivity contribution in [2.45, 2.75) is 32.9 Å². The van der Waals surface area contributed by atoms with Gasteiger partial charge in [-0.2, -0.15) is 0 Å². The molecule has 2 N–H and O–H groups in total. The molecule has 0 radical (unpaired) electrons. The Morgan fingerprint density at radius 3 is 2.57 bits per heavy atom. The molecule has 37 heavy (non-hydrogen) atoms. The van der Waals surface area contributed by atoms with E-state index in [1.807, 2.05) is 43.7 Å². The zero-order valence-electron chi connectivity index (χ0n) is 20.9. The van der Waals surface area contributed by atoms with Crippen LogP contribution in [0.25, 0.3) is 11.0 Å². The predicted octanol–water partition coefficient (Wildman–Crippen LogP) is 5.58. The third-order valence-electron chi connectivity index (χ3n) is 5.17. The smallest absolute Gasteiger partial charge is 0.338 e. The molecule has 0 bridgehead atoms. The number of fused-ring (bicyclic) bond motifs is 1. The molecule has 2 heterocycles. The summed E-state index contributed by atoms with van der Waals surface area (Å²) >= 11 is 6.51. The number of nitrogens with zero attached hydrogens (tertiary/aromatic N) is 3. The quantitative estimate of drug-likeness (QED) is 0.204. The van der Waals surface area contributed by atoms with Crippen molar-refractivity contribution >= 4 is 40.1 Å². The van der Waals surface area contributed by atoms with Crippen LogP contribution in [0.15, 0.2) is 61.1 Å². The number of hydrogen-bond acceptors (Lipinski definition) is 8. The highest BCUT2D eigenvalue weighted by atomic mass is 35.5. The predicted molar refractivity (Wildman–Crippen MR) is 142 cm³/mol. The zero-order chi connectivity index (χ0) is 26.4. The number of carbonyl (C=O) groups is 1. The van der Waals surface area contributed by atoms with E-state index in [-0.39, 0.29) is 6.61 Å². The Morgan fingerprint density at radius 2 is 1.86 bits per heavy atom. The summed E-state index contributed by atoms with van der Waals surface area (Å²) in [5.74, 6) is 1.23. The van der Waals surface area contributed by atoms with Gasteiger partial charge in [0.25, 0.3) is 0 Å². The Balaban J connectivity index is 1.45. The Kier molecular flexibility index (Phi) is 8.27. The fourth-order valence-corrected chi connectivity index (χ4v) is 3.78. The minimum atomic E-state index is -0.565. The highest BCUT2D eigenvalue weighted by Gasteiger charge is 2.18. The molecule has 2 aromatic carbocycles. The van der Waals surface area contributed by atoms with Gasteiger partial charge >= 0.3 is 5.97 Å². The van der Waals surface area contributed by atoms with Gasteiger partial charge in [-0.1, -0.05) is 11.6 Å². The van der Waals surface area contributed by atoms with Crippen LogP contribution in [-0.2, 0) is 16.0 Å². The third kappa shape index (κ3) is 6.97. The first-order valence-electron chi connectivity index (χ1n) is 11.8. The lowest BCUT2D eigenvalue weighted by Crippen LogP contribution is -2.23. The zero-order valence-corrected chi connectivity index (χ0v) is 21.7. The summed E-state index contributed by atoms with van der Waals surface area (Å²) in [6.07, 6.45) is 3.42. The molecule has 0 aliphatic carbocycles. The molecule has 0 fully saturated rings. The summed E-state index contributed by atoms with van der Waals surface area (Å²) in [6, 6.07) is 13.9. The molecule has 4 aromatic rings. The second-order valence-electron chi connectivity index (χ2n) is 9.20. The van der Waals surface area contributed by atoms with Crippen molar-refractivity contribution < 1.29 is 24.1 Å². The summed E-state index contributed by atoms with van der Waals surface area (Å²) < 4.78 is 18.7. The van der Waals surface area contributed by atoms with E-state index in [1.54, 1.807) is 36.4 Å². The van der Waals surface area contributed by atoms with Crippen molar-refractivity contribution in [1.29, 1.82) is 0 Å². The van der Waals surface area contributed by atoms with Crippen LogP contribution in [0.1, 0.15) is 31.1 Å². The largest absolute Gasteiger partial charge is 0.456 e. The van der Waals surface area contributed by atoms with E-state index in [9.17, 15) is 4.79 Å². The number of aliphatic hydroxyl groups is 1. The molecular formula is C27H29ClN4O5. The van der Waals surface area contributed by atoms with Gasteiger partial charge in [0, 0.05) is 18.4 Å². The summed E-state index contributed by atoms with van der Waals surface area (Å²) in [5, 5.41) is 12.6. The standard InChI is InChI=1S/C27H29ClN4O5/c1-27(2,3)37-26(34)18-4-7-20(8-5-18)36-23-9-6-19(16-21(23)28)31-25-24-22(29-17-30-25)10-11-32(24)12-14-35-15-13-33/h4-11,16-17,33H,12-15H2,1-3H3,(H,29,30,31). The molecule has 0 spiro atoms. The van der Waals surface area contributed by atoms with E-state index >= 15 is 0 Å². The molecule has 0 amide bonds. The second kappa shape index (κ2) is 11.6. The van der Waals surface area contributed by atoms with Gasteiger partial charge in [0.2, 0.25) is 0 Å². The van der Waals surface area contributed by atoms with Crippen molar-refractivity contribution in [1.82, 2.24) is 14.5 Å². The average molecular weight is 525 g/mol. The van der Waals surface area contributed by atoms with Crippen LogP contribution in [0.3, 0.4) is 0 Å². The van der Waals surface area contributed by atoms with Crippen LogP contribution >= 0.6 is 11.6 Å². The molecule has 10 heteroatoms. The fraction of sp³-hybridized carbons (Fsp3) is 0.296. The van der Waals surface area contributed by atoms with Crippen molar-refractivity contribution in [3.63, 3.8) is 0 Å². The number of benzene rings is 2. The molecule has 9 nitrogen and oxygen atoms in total. The van der Waals surface area contributed by atoms with E-state index < -0.39 is 11.6 Å². The van der Waals surface area contributed by atoms with Gasteiger partial charge < -0.3 is 29.2 Å². The van der Waals surface area contributed by atoms with Crippen molar-refractivity contribution in [2.24, 2.45) is 0 Å². The van der Waals surface area contributed by atoms with Gasteiger partial charge in [-0.15, -0.1) is 0 Å². The third-order valence-corrected chi connectivity index (χ3v) is 5.47. The Bertz CT molecular complexity index is 1370. The van der Waals surface area contributed by atoms with Crippen molar-refractivity contribution in [3.8, 4) is 11.5 Å². The van der Waals surface area contributed by atoms with E-state index in [1.165, 1.54) is 6.33 Å². The van der Waals surface area contributed by atoms with E-state index in [2.05, 4.69) is 15.3 Å². The van der Waals surface area contributed by atoms with Gasteiger partial charge in [0.15, 0.2) is 5.82 Å². The van der Waals surface area contributed by atoms with Gasteiger partial charge in [0.1, 0.15) is 28.9 Å². The van der Waals surface area contributed by atoms with E-state index in [0.29, 0.717) is 47.7 Å². The highest BCUT2D eigenvalue weighted by Crippen LogP contribution is 2.33. The first kappa shape index (κ1) is 26.4. The lowest BCUT2D eigenvalue weighted by atomic mass is 10.1. The van der Waals surface area contributed by atoms with Crippen molar-refractivity contribution in [3.05, 3.63) is 71.6 Å². The second-order valence-corrected chi connectivity index (χ2v) is 9.61. The maximum atomic E-state index is 12.2. The number of hydrogen-bond donors (Lipinski definition) is 2. The topological polar surface area (TPSA) is 108 Å². The Hall–Kier alpha value is -3.66. The van der Waals surface area contributed by atoms with Gasteiger partial charge in [-0.05, 0) is 69.3 Å². The lowest BCUT2D eigenvalue weighted by Gasteiger charge is -2.19. The summed E-state index contributed by atoms with van der Waals surface area (Å²) in [6.45, 7) is 6.79. The van der Waals surface area contributed by atoms with Gasteiger partial charge in [-0.25, -0.2) is 14.8 Å². The minimum absolute atomic E-state index is 0.0137. The number of esters is 1. The van der Waals surface area contributed by atoms with Crippen LogP contribution in [-0.4, -0.2) is 51.0 Å². The van der Waals surface area contributed by atoms with E-state index in [4.69, 9.17) is 30.9 Å². The van der Waals surface area contributed by atoms with Crippen LogP contribution in [0.2, 0.25) is 5.02 Å². The first-order valence-corrected chi connectivity index (χ1v) is 12.2. The number of carbonyl (C=O) groups excluding carboxylic acids is 1. The van der Waals surface area contributed by atoms with Crippen LogP contribution in [0.5, 0.6) is 11.5 Å². The number of aromatic nitrogens is 3. The molecule has 0 atom stereocenters. The number of nitrogens with one attached hydrogen (secondary N) is 1. The number of halogens is 1. The molecule has 4 rings (SSSR count). The minimum Gasteiger partial charge on any atom is -0.456 e. The maximum Gasteiger partial charge on any atom is 0.338 e. The monoisotopic (exact) mass is 524 g/mol. The fourth-order valence-electron chi connectivity index (χ4n) is 3.56. The molecule has 0 aliphatic heterocycles. The van der Waals surface area contributed by atoms with Crippen LogP contribution in [0, 0.1) is 0 Å². The number of rotatable bonds is 10. The highest BCUT2D eigenvalue weighted by molar-refractivity contribution is 6.32. The van der Waals surface area contributed by atoms with Gasteiger partial charge in [0.05, 0.1) is 35.9 Å². The van der Waals surface area contributed by atoms with Gasteiger partial charge in [-0.3, -0.25) is 0 Å². The Morgan fingerprint density at radius 1 is 1.08 bits per heavy atom. The first-order chi connectivity index (χ1) is 17.7. The number of aliphatic hydroxyl groups excluding tert-OH is 1.